The van der Waals surface area contributed by atoms with Crippen molar-refractivity contribution in [2.24, 2.45) is 0 Å². The molecule has 0 N–H and O–H groups in total. The van der Waals surface area contributed by atoms with Crippen LogP contribution in [0.1, 0.15) is 29.5 Å². The first-order valence-electron chi connectivity index (χ1n) is 7.39. The minimum Gasteiger partial charge on any atom is -0.768 e. The molecule has 0 aromatic heterocycles. The summed E-state index contributed by atoms with van der Waals surface area (Å²) < 4.78 is 22.5. The van der Waals surface area contributed by atoms with Crippen LogP contribution >= 0.6 is 23.2 Å². The lowest BCUT2D eigenvalue weighted by Gasteiger charge is -2.35. The van der Waals surface area contributed by atoms with Gasteiger partial charge in [-0.15, -0.1) is 0 Å². The maximum absolute atomic E-state index is 11.3. The third-order valence-electron chi connectivity index (χ3n) is 4.29. The summed E-state index contributed by atoms with van der Waals surface area (Å²) in [6.45, 7) is 4.61. The van der Waals surface area contributed by atoms with Crippen molar-refractivity contribution in [2.45, 2.75) is 24.3 Å². The van der Waals surface area contributed by atoms with Gasteiger partial charge in [-0.05, 0) is 58.6 Å². The summed E-state index contributed by atoms with van der Waals surface area (Å²) in [7, 11) is 0. The summed E-state index contributed by atoms with van der Waals surface area (Å²) in [5.41, 5.74) is 3.12. The van der Waals surface area contributed by atoms with Crippen molar-refractivity contribution in [3.8, 4) is 0 Å². The Morgan fingerprint density at radius 2 is 2.09 bits per heavy atom. The fourth-order valence-corrected chi connectivity index (χ4v) is 4.10. The third kappa shape index (κ3) is 3.47. The Kier molecular flexibility index (Phi) is 5.09. The standard InChI is InChI=1S/C17H17Cl2NO2S/c1-2-20-9-15(11-4-3-5-13(6-11)23(21)22)14-7-12(18)8-17(19)16(14)10-20/h3-8,15H,2,9-10H2,1H3,(H,21,22)/p-1. The number of likely N-dealkylation sites (N-methyl/N-ethyl adjacent to an activating group) is 1. The lowest BCUT2D eigenvalue weighted by molar-refractivity contribution is 0.253. The van der Waals surface area contributed by atoms with Crippen molar-refractivity contribution in [1.29, 1.82) is 0 Å². The SMILES string of the molecule is CCN1Cc2c(Cl)cc(Cl)cc2C(c2cccc(S(=O)[O-])c2)C1. The fraction of sp³-hybridized carbons (Fsp3) is 0.294. The van der Waals surface area contributed by atoms with Crippen LogP contribution in [-0.2, 0) is 17.6 Å². The molecule has 0 bridgehead atoms. The molecular formula is C17H16Cl2NO2S-. The zero-order valence-electron chi connectivity index (χ0n) is 12.6. The van der Waals surface area contributed by atoms with Crippen LogP contribution in [0.3, 0.4) is 0 Å². The lowest BCUT2D eigenvalue weighted by atomic mass is 9.84. The summed E-state index contributed by atoms with van der Waals surface area (Å²) in [6, 6.07) is 10.8. The van der Waals surface area contributed by atoms with Crippen LogP contribution in [0, 0.1) is 0 Å². The van der Waals surface area contributed by atoms with Crippen molar-refractivity contribution >= 4 is 34.3 Å². The van der Waals surface area contributed by atoms with Gasteiger partial charge in [-0.25, -0.2) is 0 Å². The highest BCUT2D eigenvalue weighted by Crippen LogP contribution is 2.39. The Labute approximate surface area is 148 Å². The van der Waals surface area contributed by atoms with Gasteiger partial charge in [0.05, 0.1) is 0 Å². The molecule has 1 aliphatic rings. The Morgan fingerprint density at radius 1 is 1.30 bits per heavy atom. The highest BCUT2D eigenvalue weighted by atomic mass is 35.5. The number of hydrogen-bond acceptors (Lipinski definition) is 3. The predicted molar refractivity (Wildman–Crippen MR) is 92.9 cm³/mol. The molecule has 0 saturated heterocycles. The zero-order chi connectivity index (χ0) is 16.6. The maximum atomic E-state index is 11.3. The van der Waals surface area contributed by atoms with E-state index >= 15 is 0 Å². The van der Waals surface area contributed by atoms with Crippen LogP contribution in [0.4, 0.5) is 0 Å². The van der Waals surface area contributed by atoms with Crippen LogP contribution in [0.5, 0.6) is 0 Å². The summed E-state index contributed by atoms with van der Waals surface area (Å²) in [5, 5.41) is 1.27. The van der Waals surface area contributed by atoms with Crippen molar-refractivity contribution in [2.75, 3.05) is 13.1 Å². The highest BCUT2D eigenvalue weighted by molar-refractivity contribution is 7.79. The van der Waals surface area contributed by atoms with Crippen molar-refractivity contribution in [3.63, 3.8) is 0 Å². The molecule has 3 rings (SSSR count). The molecule has 2 atom stereocenters. The molecule has 1 heterocycles. The van der Waals surface area contributed by atoms with Crippen LogP contribution in [0.2, 0.25) is 10.0 Å². The Hall–Kier alpha value is -0.910. The van der Waals surface area contributed by atoms with Gasteiger partial charge < -0.3 is 4.55 Å². The zero-order valence-corrected chi connectivity index (χ0v) is 14.9. The number of rotatable bonds is 3. The van der Waals surface area contributed by atoms with Gasteiger partial charge in [-0.1, -0.05) is 42.3 Å². The molecule has 2 aromatic carbocycles. The molecule has 6 heteroatoms. The average molecular weight is 369 g/mol. The molecule has 0 fully saturated rings. The Balaban J connectivity index is 2.12. The largest absolute Gasteiger partial charge is 0.768 e. The third-order valence-corrected chi connectivity index (χ3v) is 5.49. The molecule has 0 radical (unpaired) electrons. The van der Waals surface area contributed by atoms with E-state index in [-0.39, 0.29) is 5.92 Å². The first kappa shape index (κ1) is 16.9. The molecular weight excluding hydrogens is 353 g/mol. The molecule has 3 nitrogen and oxygen atoms in total. The van der Waals surface area contributed by atoms with E-state index < -0.39 is 11.1 Å². The summed E-state index contributed by atoms with van der Waals surface area (Å²) in [4.78, 5) is 2.60. The predicted octanol–water partition coefficient (Wildman–Crippen LogP) is 4.20. The smallest absolute Gasteiger partial charge is 0.0468 e. The number of fused-ring (bicyclic) bond motifs is 1. The molecule has 0 amide bonds. The van der Waals surface area contributed by atoms with E-state index in [4.69, 9.17) is 23.2 Å². The van der Waals surface area contributed by atoms with E-state index in [0.29, 0.717) is 14.9 Å². The molecule has 1 aliphatic heterocycles. The van der Waals surface area contributed by atoms with Gasteiger partial charge in [-0.3, -0.25) is 9.11 Å². The minimum atomic E-state index is -2.24. The molecule has 0 spiro atoms. The number of halogens is 2. The molecule has 2 unspecified atom stereocenters. The Bertz CT molecular complexity index is 766. The number of benzene rings is 2. The van der Waals surface area contributed by atoms with Crippen molar-refractivity contribution in [3.05, 3.63) is 63.1 Å². The molecule has 0 aliphatic carbocycles. The first-order chi connectivity index (χ1) is 11.0. The van der Waals surface area contributed by atoms with E-state index in [9.17, 15) is 8.76 Å². The number of hydrogen-bond donors (Lipinski definition) is 0. The van der Waals surface area contributed by atoms with E-state index in [1.165, 1.54) is 0 Å². The van der Waals surface area contributed by atoms with E-state index in [1.807, 2.05) is 12.1 Å². The second-order valence-corrected chi connectivity index (χ2v) is 7.43. The van der Waals surface area contributed by atoms with Gasteiger partial charge in [0.15, 0.2) is 0 Å². The molecule has 0 saturated carbocycles. The van der Waals surface area contributed by atoms with Crippen molar-refractivity contribution < 1.29 is 8.76 Å². The minimum absolute atomic E-state index is 0.0541. The van der Waals surface area contributed by atoms with Crippen LogP contribution < -0.4 is 0 Å². The first-order valence-corrected chi connectivity index (χ1v) is 9.22. The van der Waals surface area contributed by atoms with Crippen LogP contribution in [-0.4, -0.2) is 26.8 Å². The van der Waals surface area contributed by atoms with E-state index in [0.717, 1.165) is 36.3 Å². The van der Waals surface area contributed by atoms with Gasteiger partial charge in [0.2, 0.25) is 0 Å². The van der Waals surface area contributed by atoms with E-state index in [1.54, 1.807) is 24.3 Å². The fourth-order valence-electron chi connectivity index (χ4n) is 3.11. The van der Waals surface area contributed by atoms with Gasteiger partial charge in [-0.2, -0.15) is 0 Å². The topological polar surface area (TPSA) is 43.4 Å². The Morgan fingerprint density at radius 3 is 2.78 bits per heavy atom. The highest BCUT2D eigenvalue weighted by Gasteiger charge is 2.28. The van der Waals surface area contributed by atoms with Gasteiger partial charge in [0.1, 0.15) is 0 Å². The summed E-state index contributed by atoms with van der Waals surface area (Å²) in [5.74, 6) is 0.0541. The van der Waals surface area contributed by atoms with Gasteiger partial charge in [0.25, 0.3) is 0 Å². The normalized spacial score (nSPS) is 19.4. The molecule has 122 valence electrons. The van der Waals surface area contributed by atoms with E-state index in [2.05, 4.69) is 11.8 Å². The second-order valence-electron chi connectivity index (χ2n) is 5.64. The number of nitrogens with zero attached hydrogens (tertiary/aromatic N) is 1. The monoisotopic (exact) mass is 368 g/mol. The van der Waals surface area contributed by atoms with Gasteiger partial charge in [0, 0.05) is 33.9 Å². The van der Waals surface area contributed by atoms with Gasteiger partial charge >= 0.3 is 0 Å². The quantitative estimate of drug-likeness (QED) is 0.762. The maximum Gasteiger partial charge on any atom is 0.0468 e. The molecule has 2 aromatic rings. The lowest BCUT2D eigenvalue weighted by Crippen LogP contribution is -2.34. The molecule has 23 heavy (non-hydrogen) atoms. The summed E-state index contributed by atoms with van der Waals surface area (Å²) >= 11 is 10.3. The van der Waals surface area contributed by atoms with Crippen molar-refractivity contribution in [1.82, 2.24) is 4.90 Å². The van der Waals surface area contributed by atoms with Crippen LogP contribution in [0.15, 0.2) is 41.3 Å². The van der Waals surface area contributed by atoms with Crippen LogP contribution in [0.25, 0.3) is 0 Å². The average Bonchev–Trinajstić information content (AvgIpc) is 2.54. The summed E-state index contributed by atoms with van der Waals surface area (Å²) in [6.07, 6.45) is 0. The second kappa shape index (κ2) is 6.91.